The van der Waals surface area contributed by atoms with Crippen molar-refractivity contribution in [3.8, 4) is 0 Å². The number of hydrogen-bond acceptors (Lipinski definition) is 6. The van der Waals surface area contributed by atoms with Crippen molar-refractivity contribution in [3.05, 3.63) is 30.0 Å². The van der Waals surface area contributed by atoms with E-state index < -0.39 is 10.0 Å². The maximum Gasteiger partial charge on any atom is 0.271 e. The van der Waals surface area contributed by atoms with Crippen LogP contribution in [-0.2, 0) is 23.0 Å². The van der Waals surface area contributed by atoms with Gasteiger partial charge in [0.25, 0.3) is 10.0 Å². The highest BCUT2D eigenvalue weighted by atomic mass is 32.2. The number of sulfonamides is 1. The molecule has 0 aliphatic rings. The third kappa shape index (κ3) is 4.16. The summed E-state index contributed by atoms with van der Waals surface area (Å²) in [5, 5.41) is 14.4. The molecule has 0 fully saturated rings. The highest BCUT2D eigenvalue weighted by Crippen LogP contribution is 2.11. The van der Waals surface area contributed by atoms with Gasteiger partial charge in [0.2, 0.25) is 5.09 Å². The maximum atomic E-state index is 11.0. The van der Waals surface area contributed by atoms with Gasteiger partial charge in [-0.15, -0.1) is 0 Å². The number of rotatable bonds is 7. The second-order valence-electron chi connectivity index (χ2n) is 3.98. The van der Waals surface area contributed by atoms with Crippen molar-refractivity contribution in [3.63, 3.8) is 0 Å². The molecule has 4 N–H and O–H groups in total. The van der Waals surface area contributed by atoms with Crippen molar-refractivity contribution in [2.75, 3.05) is 6.54 Å². The van der Waals surface area contributed by atoms with Crippen molar-refractivity contribution in [1.29, 1.82) is 0 Å². The summed E-state index contributed by atoms with van der Waals surface area (Å²) in [6.07, 6.45) is 3.16. The summed E-state index contributed by atoms with van der Waals surface area (Å²) in [5.41, 5.74) is 0. The zero-order valence-corrected chi connectivity index (χ0v) is 11.0. The van der Waals surface area contributed by atoms with E-state index in [4.69, 9.17) is 9.56 Å². The Morgan fingerprint density at radius 1 is 1.42 bits per heavy atom. The van der Waals surface area contributed by atoms with Crippen LogP contribution in [0.3, 0.4) is 0 Å². The molecule has 2 aromatic rings. The summed E-state index contributed by atoms with van der Waals surface area (Å²) in [7, 11) is -3.76. The van der Waals surface area contributed by atoms with Gasteiger partial charge in [-0.25, -0.2) is 18.5 Å². The van der Waals surface area contributed by atoms with Gasteiger partial charge in [0.05, 0.1) is 6.54 Å². The number of nitrogens with two attached hydrogens (primary N) is 1. The Morgan fingerprint density at radius 2 is 2.26 bits per heavy atom. The third-order valence-corrected chi connectivity index (χ3v) is 3.23. The molecule has 0 saturated heterocycles. The van der Waals surface area contributed by atoms with Crippen LogP contribution in [0.4, 0.5) is 0 Å². The minimum absolute atomic E-state index is 0.217. The van der Waals surface area contributed by atoms with E-state index in [0.29, 0.717) is 12.3 Å². The number of H-pyrrole nitrogens is 1. The fraction of sp³-hybridized carbons (Fsp3) is 0.400. The standard InChI is InChI=1S/C10H15N5O3S/c11-19(16,17)10-4-3-8(18-10)6-12-5-1-2-9-13-7-14-15-9/h3-4,7,12H,1-2,5-6H2,(H2,11,16,17)(H,13,14,15). The second-order valence-corrected chi connectivity index (χ2v) is 5.47. The van der Waals surface area contributed by atoms with E-state index in [1.807, 2.05) is 0 Å². The minimum Gasteiger partial charge on any atom is -0.447 e. The summed E-state index contributed by atoms with van der Waals surface area (Å²) >= 11 is 0. The molecule has 0 bridgehead atoms. The smallest absolute Gasteiger partial charge is 0.271 e. The summed E-state index contributed by atoms with van der Waals surface area (Å²) in [6.45, 7) is 1.21. The van der Waals surface area contributed by atoms with Gasteiger partial charge in [0, 0.05) is 6.42 Å². The molecule has 0 aliphatic carbocycles. The van der Waals surface area contributed by atoms with Gasteiger partial charge in [0.1, 0.15) is 17.9 Å². The Hall–Kier alpha value is -1.71. The van der Waals surface area contributed by atoms with Crippen LogP contribution in [0.15, 0.2) is 28.0 Å². The van der Waals surface area contributed by atoms with E-state index >= 15 is 0 Å². The number of hydrogen-bond donors (Lipinski definition) is 3. The fourth-order valence-corrected chi connectivity index (χ4v) is 2.03. The van der Waals surface area contributed by atoms with Gasteiger partial charge in [-0.3, -0.25) is 5.10 Å². The lowest BCUT2D eigenvalue weighted by atomic mass is 10.3. The normalized spacial score (nSPS) is 11.8. The average molecular weight is 285 g/mol. The van der Waals surface area contributed by atoms with Crippen LogP contribution >= 0.6 is 0 Å². The molecule has 19 heavy (non-hydrogen) atoms. The summed E-state index contributed by atoms with van der Waals surface area (Å²) in [5.74, 6) is 1.38. The first-order valence-electron chi connectivity index (χ1n) is 5.72. The van der Waals surface area contributed by atoms with E-state index in [1.54, 1.807) is 6.07 Å². The van der Waals surface area contributed by atoms with Crippen LogP contribution in [-0.4, -0.2) is 30.1 Å². The number of aromatic nitrogens is 3. The van der Waals surface area contributed by atoms with E-state index in [1.165, 1.54) is 12.4 Å². The molecule has 0 amide bonds. The van der Waals surface area contributed by atoms with E-state index in [-0.39, 0.29) is 5.09 Å². The maximum absolute atomic E-state index is 11.0. The monoisotopic (exact) mass is 285 g/mol. The van der Waals surface area contributed by atoms with Crippen LogP contribution in [0, 0.1) is 0 Å². The molecular weight excluding hydrogens is 270 g/mol. The number of nitrogens with zero attached hydrogens (tertiary/aromatic N) is 2. The Labute approximate surface area is 110 Å². The Morgan fingerprint density at radius 3 is 2.89 bits per heavy atom. The molecule has 9 heteroatoms. The molecule has 2 heterocycles. The Balaban J connectivity index is 1.70. The van der Waals surface area contributed by atoms with Crippen molar-refractivity contribution >= 4 is 10.0 Å². The first-order chi connectivity index (χ1) is 9.05. The number of aryl methyl sites for hydroxylation is 1. The molecular formula is C10H15N5O3S. The zero-order chi connectivity index (χ0) is 13.7. The van der Waals surface area contributed by atoms with Crippen molar-refractivity contribution < 1.29 is 12.8 Å². The van der Waals surface area contributed by atoms with Gasteiger partial charge >= 0.3 is 0 Å². The topological polar surface area (TPSA) is 127 Å². The van der Waals surface area contributed by atoms with E-state index in [9.17, 15) is 8.42 Å². The Bertz CT molecular complexity index is 605. The van der Waals surface area contributed by atoms with Gasteiger partial charge < -0.3 is 9.73 Å². The quantitative estimate of drug-likeness (QED) is 0.603. The zero-order valence-electron chi connectivity index (χ0n) is 10.2. The van der Waals surface area contributed by atoms with Crippen LogP contribution < -0.4 is 10.5 Å². The third-order valence-electron chi connectivity index (χ3n) is 2.45. The second kappa shape index (κ2) is 5.95. The lowest BCUT2D eigenvalue weighted by molar-refractivity contribution is 0.402. The van der Waals surface area contributed by atoms with Crippen LogP contribution in [0.1, 0.15) is 18.0 Å². The average Bonchev–Trinajstić information content (AvgIpc) is 2.97. The molecule has 0 aliphatic heterocycles. The van der Waals surface area contributed by atoms with Gasteiger partial charge in [0.15, 0.2) is 0 Å². The summed E-state index contributed by atoms with van der Waals surface area (Å²) in [4.78, 5) is 4.01. The number of nitrogens with one attached hydrogen (secondary N) is 2. The molecule has 0 saturated carbocycles. The van der Waals surface area contributed by atoms with Crippen LogP contribution in [0.25, 0.3) is 0 Å². The number of aromatic amines is 1. The molecule has 2 aromatic heterocycles. The minimum atomic E-state index is -3.76. The summed E-state index contributed by atoms with van der Waals surface area (Å²) < 4.78 is 27.1. The van der Waals surface area contributed by atoms with Crippen LogP contribution in [0.2, 0.25) is 0 Å². The molecule has 0 unspecified atom stereocenters. The van der Waals surface area contributed by atoms with E-state index in [0.717, 1.165) is 25.2 Å². The predicted octanol–water partition coefficient (Wildman–Crippen LogP) is -0.233. The van der Waals surface area contributed by atoms with Gasteiger partial charge in [-0.05, 0) is 25.1 Å². The van der Waals surface area contributed by atoms with Gasteiger partial charge in [-0.2, -0.15) is 5.10 Å². The summed E-state index contributed by atoms with van der Waals surface area (Å²) in [6, 6.07) is 2.93. The van der Waals surface area contributed by atoms with Crippen molar-refractivity contribution in [1.82, 2.24) is 20.5 Å². The number of primary sulfonamides is 1. The lowest BCUT2D eigenvalue weighted by Crippen LogP contribution is -2.15. The predicted molar refractivity (Wildman–Crippen MR) is 66.5 cm³/mol. The first-order valence-corrected chi connectivity index (χ1v) is 7.27. The van der Waals surface area contributed by atoms with Crippen LogP contribution in [0.5, 0.6) is 0 Å². The van der Waals surface area contributed by atoms with Crippen molar-refractivity contribution in [2.24, 2.45) is 5.14 Å². The number of furan rings is 1. The largest absolute Gasteiger partial charge is 0.447 e. The lowest BCUT2D eigenvalue weighted by Gasteiger charge is -2.01. The Kier molecular flexibility index (Phi) is 4.30. The molecule has 2 rings (SSSR count). The molecule has 0 spiro atoms. The van der Waals surface area contributed by atoms with Crippen molar-refractivity contribution in [2.45, 2.75) is 24.5 Å². The highest BCUT2D eigenvalue weighted by molar-refractivity contribution is 7.89. The molecule has 0 radical (unpaired) electrons. The molecule has 104 valence electrons. The van der Waals surface area contributed by atoms with E-state index in [2.05, 4.69) is 20.5 Å². The van der Waals surface area contributed by atoms with Gasteiger partial charge in [-0.1, -0.05) is 0 Å². The highest BCUT2D eigenvalue weighted by Gasteiger charge is 2.12. The molecule has 0 aromatic carbocycles. The first kappa shape index (κ1) is 13.7. The SMILES string of the molecule is NS(=O)(=O)c1ccc(CNCCCc2ncn[nH]2)o1. The molecule has 8 nitrogen and oxygen atoms in total. The fourth-order valence-electron chi connectivity index (χ4n) is 1.55. The molecule has 0 atom stereocenters.